The Morgan fingerprint density at radius 1 is 1.37 bits per heavy atom. The van der Waals surface area contributed by atoms with Crippen molar-refractivity contribution in [3.05, 3.63) is 28.8 Å². The molecule has 19 heavy (non-hydrogen) atoms. The highest BCUT2D eigenvalue weighted by molar-refractivity contribution is 6.33. The van der Waals surface area contributed by atoms with Gasteiger partial charge in [0.1, 0.15) is 0 Å². The van der Waals surface area contributed by atoms with Gasteiger partial charge in [-0.15, -0.1) is 0 Å². The molecule has 1 saturated heterocycles. The largest absolute Gasteiger partial charge is 0.378 e. The van der Waals surface area contributed by atoms with E-state index < -0.39 is 0 Å². The van der Waals surface area contributed by atoms with Crippen LogP contribution in [0.15, 0.2) is 18.2 Å². The number of halogens is 1. The molecule has 2 rings (SSSR count). The number of benzene rings is 1. The van der Waals surface area contributed by atoms with Crippen molar-refractivity contribution >= 4 is 17.3 Å². The Bertz CT molecular complexity index is 403. The van der Waals surface area contributed by atoms with Crippen molar-refractivity contribution in [2.75, 3.05) is 31.1 Å². The fourth-order valence-electron chi connectivity index (χ4n) is 2.63. The highest BCUT2D eigenvalue weighted by Crippen LogP contribution is 2.29. The van der Waals surface area contributed by atoms with Gasteiger partial charge in [0.2, 0.25) is 0 Å². The third kappa shape index (κ3) is 3.85. The van der Waals surface area contributed by atoms with Crippen molar-refractivity contribution in [3.63, 3.8) is 0 Å². The van der Waals surface area contributed by atoms with Crippen LogP contribution in [0.5, 0.6) is 0 Å². The van der Waals surface area contributed by atoms with E-state index in [0.29, 0.717) is 12.6 Å². The van der Waals surface area contributed by atoms with Gasteiger partial charge in [0.05, 0.1) is 16.8 Å². The van der Waals surface area contributed by atoms with Crippen LogP contribution >= 0.6 is 11.6 Å². The van der Waals surface area contributed by atoms with E-state index in [0.717, 1.165) is 49.7 Å². The Morgan fingerprint density at radius 2 is 2.11 bits per heavy atom. The Kier molecular flexibility index (Phi) is 5.49. The van der Waals surface area contributed by atoms with Gasteiger partial charge in [-0.1, -0.05) is 17.7 Å². The van der Waals surface area contributed by atoms with Crippen LogP contribution in [0.2, 0.25) is 5.02 Å². The Morgan fingerprint density at radius 3 is 2.68 bits per heavy atom. The first kappa shape index (κ1) is 14.6. The number of rotatable bonds is 5. The van der Waals surface area contributed by atoms with Gasteiger partial charge < -0.3 is 15.4 Å². The Labute approximate surface area is 120 Å². The third-order valence-corrected chi connectivity index (χ3v) is 3.93. The summed E-state index contributed by atoms with van der Waals surface area (Å²) in [6.07, 6.45) is 3.45. The van der Waals surface area contributed by atoms with Gasteiger partial charge in [-0.2, -0.15) is 0 Å². The second-order valence-corrected chi connectivity index (χ2v) is 5.37. The third-order valence-electron chi connectivity index (χ3n) is 3.63. The molecule has 1 aromatic rings. The monoisotopic (exact) mass is 282 g/mol. The average molecular weight is 283 g/mol. The summed E-state index contributed by atoms with van der Waals surface area (Å²) in [6.45, 7) is 5.55. The lowest BCUT2D eigenvalue weighted by Gasteiger charge is -2.34. The predicted octanol–water partition coefficient (Wildman–Crippen LogP) is 2.85. The van der Waals surface area contributed by atoms with Crippen LogP contribution in [0.3, 0.4) is 0 Å². The number of hydrogen-bond acceptors (Lipinski definition) is 3. The molecule has 1 aliphatic rings. The molecule has 0 bridgehead atoms. The quantitative estimate of drug-likeness (QED) is 0.902. The number of ether oxygens (including phenoxy) is 1. The number of piperidine rings is 1. The summed E-state index contributed by atoms with van der Waals surface area (Å²) in [5, 5.41) is 0.834. The van der Waals surface area contributed by atoms with E-state index in [1.165, 1.54) is 5.56 Å². The van der Waals surface area contributed by atoms with E-state index in [4.69, 9.17) is 22.1 Å². The van der Waals surface area contributed by atoms with Crippen LogP contribution in [0.1, 0.15) is 25.3 Å². The summed E-state index contributed by atoms with van der Waals surface area (Å²) in [5.74, 6) is 0. The van der Waals surface area contributed by atoms with Crippen LogP contribution in [0.25, 0.3) is 0 Å². The van der Waals surface area contributed by atoms with Crippen LogP contribution in [0.4, 0.5) is 5.69 Å². The molecule has 0 radical (unpaired) electrons. The summed E-state index contributed by atoms with van der Waals surface area (Å²) in [5.41, 5.74) is 7.91. The van der Waals surface area contributed by atoms with Crippen LogP contribution < -0.4 is 10.6 Å². The van der Waals surface area contributed by atoms with Gasteiger partial charge in [-0.05, 0) is 50.4 Å². The van der Waals surface area contributed by atoms with Gasteiger partial charge in [0, 0.05) is 19.7 Å². The summed E-state index contributed by atoms with van der Waals surface area (Å²) >= 11 is 6.38. The van der Waals surface area contributed by atoms with Crippen molar-refractivity contribution in [1.29, 1.82) is 0 Å². The highest BCUT2D eigenvalue weighted by atomic mass is 35.5. The molecule has 1 fully saturated rings. The summed E-state index contributed by atoms with van der Waals surface area (Å²) in [7, 11) is 0. The standard InChI is InChI=1S/C15H23ClN2O/c1-2-19-13-6-9-18(10-7-13)15-4-3-12(5-8-17)11-14(15)16/h3-4,11,13H,2,5-10,17H2,1H3. The van der Waals surface area contributed by atoms with Crippen molar-refractivity contribution in [1.82, 2.24) is 0 Å². The van der Waals surface area contributed by atoms with Crippen molar-refractivity contribution in [2.45, 2.75) is 32.3 Å². The van der Waals surface area contributed by atoms with Crippen LogP contribution in [0, 0.1) is 0 Å². The lowest BCUT2D eigenvalue weighted by Crippen LogP contribution is -2.37. The molecule has 0 aliphatic carbocycles. The molecular formula is C15H23ClN2O. The normalized spacial score (nSPS) is 16.9. The predicted molar refractivity (Wildman–Crippen MR) is 81.1 cm³/mol. The molecule has 0 aromatic heterocycles. The van der Waals surface area contributed by atoms with Crippen LogP contribution in [-0.2, 0) is 11.2 Å². The maximum atomic E-state index is 6.38. The lowest BCUT2D eigenvalue weighted by molar-refractivity contribution is 0.0459. The second-order valence-electron chi connectivity index (χ2n) is 4.97. The Balaban J connectivity index is 1.99. The van der Waals surface area contributed by atoms with Gasteiger partial charge >= 0.3 is 0 Å². The number of nitrogens with two attached hydrogens (primary N) is 1. The zero-order chi connectivity index (χ0) is 13.7. The smallest absolute Gasteiger partial charge is 0.0642 e. The molecule has 0 saturated carbocycles. The minimum Gasteiger partial charge on any atom is -0.378 e. The molecule has 1 aliphatic heterocycles. The summed E-state index contributed by atoms with van der Waals surface area (Å²) in [6, 6.07) is 6.29. The van der Waals surface area contributed by atoms with E-state index in [2.05, 4.69) is 24.0 Å². The van der Waals surface area contributed by atoms with Crippen molar-refractivity contribution in [2.24, 2.45) is 5.73 Å². The molecule has 0 atom stereocenters. The van der Waals surface area contributed by atoms with Crippen LogP contribution in [-0.4, -0.2) is 32.3 Å². The molecule has 106 valence electrons. The van der Waals surface area contributed by atoms with Gasteiger partial charge in [-0.25, -0.2) is 0 Å². The molecular weight excluding hydrogens is 260 g/mol. The minimum atomic E-state index is 0.413. The number of hydrogen-bond donors (Lipinski definition) is 1. The zero-order valence-electron chi connectivity index (χ0n) is 11.6. The van der Waals surface area contributed by atoms with E-state index in [1.54, 1.807) is 0 Å². The molecule has 3 nitrogen and oxygen atoms in total. The molecule has 4 heteroatoms. The first-order valence-corrected chi connectivity index (χ1v) is 7.47. The topological polar surface area (TPSA) is 38.5 Å². The summed E-state index contributed by atoms with van der Waals surface area (Å²) in [4.78, 5) is 2.35. The molecule has 1 aromatic carbocycles. The maximum absolute atomic E-state index is 6.38. The van der Waals surface area contributed by atoms with Crippen molar-refractivity contribution in [3.8, 4) is 0 Å². The van der Waals surface area contributed by atoms with E-state index in [1.807, 2.05) is 6.07 Å². The Hall–Kier alpha value is -0.770. The van der Waals surface area contributed by atoms with E-state index in [-0.39, 0.29) is 0 Å². The second kappa shape index (κ2) is 7.13. The molecule has 1 heterocycles. The van der Waals surface area contributed by atoms with E-state index in [9.17, 15) is 0 Å². The van der Waals surface area contributed by atoms with Gasteiger partial charge in [-0.3, -0.25) is 0 Å². The first-order valence-electron chi connectivity index (χ1n) is 7.09. The molecule has 2 N–H and O–H groups in total. The minimum absolute atomic E-state index is 0.413. The molecule has 0 unspecified atom stereocenters. The van der Waals surface area contributed by atoms with E-state index >= 15 is 0 Å². The summed E-state index contributed by atoms with van der Waals surface area (Å²) < 4.78 is 5.67. The SMILES string of the molecule is CCOC1CCN(c2ccc(CCN)cc2Cl)CC1. The number of anilines is 1. The van der Waals surface area contributed by atoms with Gasteiger partial charge in [0.15, 0.2) is 0 Å². The first-order chi connectivity index (χ1) is 9.24. The molecule has 0 spiro atoms. The molecule has 0 amide bonds. The van der Waals surface area contributed by atoms with Gasteiger partial charge in [0.25, 0.3) is 0 Å². The highest BCUT2D eigenvalue weighted by Gasteiger charge is 2.20. The fraction of sp³-hybridized carbons (Fsp3) is 0.600. The maximum Gasteiger partial charge on any atom is 0.0642 e. The average Bonchev–Trinajstić information content (AvgIpc) is 2.41. The fourth-order valence-corrected chi connectivity index (χ4v) is 2.95. The zero-order valence-corrected chi connectivity index (χ0v) is 12.3. The van der Waals surface area contributed by atoms with Crippen molar-refractivity contribution < 1.29 is 4.74 Å². The number of nitrogens with zero attached hydrogens (tertiary/aromatic N) is 1. The lowest BCUT2D eigenvalue weighted by atomic mass is 10.1.